The summed E-state index contributed by atoms with van der Waals surface area (Å²) in [6.45, 7) is 2.36. The second-order valence-corrected chi connectivity index (χ2v) is 7.51. The smallest absolute Gasteiger partial charge is 0.288 e. The Hall–Kier alpha value is -3.26. The van der Waals surface area contributed by atoms with E-state index in [0.717, 1.165) is 34.5 Å². The number of oxazole rings is 1. The molecule has 1 aliphatic rings. The molecule has 3 aromatic rings. The van der Waals surface area contributed by atoms with E-state index in [1.165, 1.54) is 0 Å². The molecule has 2 amide bonds. The van der Waals surface area contributed by atoms with Crippen LogP contribution in [0.5, 0.6) is 5.75 Å². The number of thioether (sulfide) groups is 1. The van der Waals surface area contributed by atoms with Crippen LogP contribution in [0, 0.1) is 6.92 Å². The van der Waals surface area contributed by atoms with Crippen molar-refractivity contribution in [2.45, 2.75) is 18.7 Å². The lowest BCUT2D eigenvalue weighted by atomic mass is 10.2. The van der Waals surface area contributed by atoms with E-state index < -0.39 is 5.37 Å². The molecule has 0 bridgehead atoms. The largest absolute Gasteiger partial charge is 0.493 e. The number of hydrogen-bond donors (Lipinski definition) is 2. The lowest BCUT2D eigenvalue weighted by molar-refractivity contribution is -0.118. The molecule has 0 aliphatic carbocycles. The van der Waals surface area contributed by atoms with E-state index in [2.05, 4.69) is 15.6 Å². The monoisotopic (exact) mass is 409 g/mol. The van der Waals surface area contributed by atoms with E-state index in [1.54, 1.807) is 12.1 Å². The SMILES string of the molecule is Cc1oc(-c2ccccc2)nc1CCOc1ccc(NC2SC(=O)NC2=O)cc1. The van der Waals surface area contributed by atoms with Crippen LogP contribution in [0.4, 0.5) is 10.5 Å². The number of nitrogens with one attached hydrogen (secondary N) is 2. The predicted molar refractivity (Wildman–Crippen MR) is 111 cm³/mol. The summed E-state index contributed by atoms with van der Waals surface area (Å²) in [5, 5.41) is 4.30. The molecule has 0 radical (unpaired) electrons. The minimum Gasteiger partial charge on any atom is -0.493 e. The van der Waals surface area contributed by atoms with Crippen LogP contribution in [0.3, 0.4) is 0 Å². The highest BCUT2D eigenvalue weighted by molar-refractivity contribution is 8.15. The first-order valence-corrected chi connectivity index (χ1v) is 9.99. The highest BCUT2D eigenvalue weighted by Gasteiger charge is 2.31. The quantitative estimate of drug-likeness (QED) is 0.609. The Labute approximate surface area is 171 Å². The molecule has 7 nitrogen and oxygen atoms in total. The van der Waals surface area contributed by atoms with Gasteiger partial charge in [0.2, 0.25) is 5.89 Å². The predicted octanol–water partition coefficient (Wildman–Crippen LogP) is 3.99. The van der Waals surface area contributed by atoms with Crippen LogP contribution >= 0.6 is 11.8 Å². The second kappa shape index (κ2) is 8.40. The molecule has 1 atom stereocenters. The maximum atomic E-state index is 11.6. The molecule has 0 saturated carbocycles. The Morgan fingerprint density at radius 1 is 1.14 bits per heavy atom. The van der Waals surface area contributed by atoms with Gasteiger partial charge in [-0.15, -0.1) is 0 Å². The number of anilines is 1. The van der Waals surface area contributed by atoms with Gasteiger partial charge in [0, 0.05) is 17.7 Å². The Balaban J connectivity index is 1.30. The van der Waals surface area contributed by atoms with E-state index >= 15 is 0 Å². The van der Waals surface area contributed by atoms with Crippen molar-refractivity contribution in [2.24, 2.45) is 0 Å². The number of benzene rings is 2. The van der Waals surface area contributed by atoms with E-state index in [9.17, 15) is 9.59 Å². The summed E-state index contributed by atoms with van der Waals surface area (Å²) in [5.41, 5.74) is 2.55. The van der Waals surface area contributed by atoms with Crippen molar-refractivity contribution in [2.75, 3.05) is 11.9 Å². The number of carbonyl (C=O) groups excluding carboxylic acids is 2. The van der Waals surface area contributed by atoms with Gasteiger partial charge in [0.25, 0.3) is 11.1 Å². The third kappa shape index (κ3) is 4.60. The summed E-state index contributed by atoms with van der Waals surface area (Å²) < 4.78 is 11.6. The van der Waals surface area contributed by atoms with Crippen LogP contribution in [0.1, 0.15) is 11.5 Å². The van der Waals surface area contributed by atoms with Crippen LogP contribution in [0.25, 0.3) is 11.5 Å². The molecule has 1 aromatic heterocycles. The summed E-state index contributed by atoms with van der Waals surface area (Å²) in [6, 6.07) is 17.0. The number of carbonyl (C=O) groups is 2. The zero-order chi connectivity index (χ0) is 20.2. The van der Waals surface area contributed by atoms with Gasteiger partial charge in [-0.2, -0.15) is 0 Å². The van der Waals surface area contributed by atoms with E-state index in [-0.39, 0.29) is 11.1 Å². The number of imide groups is 1. The van der Waals surface area contributed by atoms with Gasteiger partial charge in [-0.25, -0.2) is 4.98 Å². The third-order valence-electron chi connectivity index (χ3n) is 4.36. The minimum atomic E-state index is -0.608. The average Bonchev–Trinajstić information content (AvgIpc) is 3.25. The van der Waals surface area contributed by atoms with Crippen LogP contribution in [0.2, 0.25) is 0 Å². The van der Waals surface area contributed by atoms with Gasteiger partial charge >= 0.3 is 0 Å². The van der Waals surface area contributed by atoms with Crippen molar-refractivity contribution >= 4 is 28.6 Å². The molecule has 1 saturated heterocycles. The molecule has 1 unspecified atom stereocenters. The number of amides is 2. The summed E-state index contributed by atoms with van der Waals surface area (Å²) >= 11 is 0.928. The fraction of sp³-hybridized carbons (Fsp3) is 0.190. The lowest BCUT2D eigenvalue weighted by Crippen LogP contribution is -2.29. The standard InChI is InChI=1S/C21H19N3O4S/c1-13-17(23-19(28-13)14-5-3-2-4-6-14)11-12-27-16-9-7-15(8-10-16)22-20-18(25)24-21(26)29-20/h2-10,20,22H,11-12H2,1H3,(H,24,25,26). The maximum Gasteiger partial charge on any atom is 0.288 e. The molecule has 8 heteroatoms. The molecule has 0 spiro atoms. The van der Waals surface area contributed by atoms with Crippen molar-refractivity contribution in [1.29, 1.82) is 0 Å². The van der Waals surface area contributed by atoms with Gasteiger partial charge in [-0.1, -0.05) is 18.2 Å². The first kappa shape index (κ1) is 19.1. The number of rotatable bonds is 7. The van der Waals surface area contributed by atoms with Gasteiger partial charge < -0.3 is 14.5 Å². The molecular formula is C21H19N3O4S. The fourth-order valence-electron chi connectivity index (χ4n) is 2.88. The Bertz CT molecular complexity index is 1020. The fourth-order valence-corrected chi connectivity index (χ4v) is 3.61. The second-order valence-electron chi connectivity index (χ2n) is 6.43. The van der Waals surface area contributed by atoms with Crippen molar-refractivity contribution in [3.05, 3.63) is 66.1 Å². The third-order valence-corrected chi connectivity index (χ3v) is 5.25. The maximum absolute atomic E-state index is 11.6. The Morgan fingerprint density at radius 2 is 1.90 bits per heavy atom. The summed E-state index contributed by atoms with van der Waals surface area (Å²) in [4.78, 5) is 27.4. The summed E-state index contributed by atoms with van der Waals surface area (Å²) in [7, 11) is 0. The molecule has 2 N–H and O–H groups in total. The van der Waals surface area contributed by atoms with E-state index in [0.29, 0.717) is 24.7 Å². The molecule has 4 rings (SSSR count). The van der Waals surface area contributed by atoms with Crippen molar-refractivity contribution < 1.29 is 18.7 Å². The zero-order valence-electron chi connectivity index (χ0n) is 15.7. The van der Waals surface area contributed by atoms with Crippen molar-refractivity contribution in [3.63, 3.8) is 0 Å². The number of aryl methyl sites for hydroxylation is 1. The number of nitrogens with zero attached hydrogens (tertiary/aromatic N) is 1. The average molecular weight is 409 g/mol. The van der Waals surface area contributed by atoms with Gasteiger partial charge in [0.1, 0.15) is 11.5 Å². The molecule has 2 aromatic carbocycles. The highest BCUT2D eigenvalue weighted by Crippen LogP contribution is 2.24. The first-order chi connectivity index (χ1) is 14.1. The van der Waals surface area contributed by atoms with Crippen molar-refractivity contribution in [1.82, 2.24) is 10.3 Å². The van der Waals surface area contributed by atoms with Crippen LogP contribution < -0.4 is 15.4 Å². The normalized spacial score (nSPS) is 16.0. The van der Waals surface area contributed by atoms with Gasteiger partial charge in [0.05, 0.1) is 12.3 Å². The summed E-state index contributed by atoms with van der Waals surface area (Å²) in [6.07, 6.45) is 0.628. The van der Waals surface area contributed by atoms with Crippen LogP contribution in [0.15, 0.2) is 59.0 Å². The topological polar surface area (TPSA) is 93.5 Å². The molecule has 1 aliphatic heterocycles. The van der Waals surface area contributed by atoms with E-state index in [1.807, 2.05) is 49.4 Å². The molecule has 1 fully saturated rings. The van der Waals surface area contributed by atoms with Gasteiger partial charge in [-0.3, -0.25) is 14.9 Å². The molecule has 148 valence electrons. The summed E-state index contributed by atoms with van der Waals surface area (Å²) in [5.74, 6) is 1.77. The van der Waals surface area contributed by atoms with E-state index in [4.69, 9.17) is 9.15 Å². The van der Waals surface area contributed by atoms with Crippen molar-refractivity contribution in [3.8, 4) is 17.2 Å². The first-order valence-electron chi connectivity index (χ1n) is 9.11. The van der Waals surface area contributed by atoms with Gasteiger partial charge in [-0.05, 0) is 55.1 Å². The zero-order valence-corrected chi connectivity index (χ0v) is 16.5. The Kier molecular flexibility index (Phi) is 5.53. The molecule has 2 heterocycles. The number of ether oxygens (including phenoxy) is 1. The number of aromatic nitrogens is 1. The Morgan fingerprint density at radius 3 is 2.59 bits per heavy atom. The minimum absolute atomic E-state index is 0.335. The van der Waals surface area contributed by atoms with Gasteiger partial charge in [0.15, 0.2) is 5.37 Å². The van der Waals surface area contributed by atoms with Crippen LogP contribution in [-0.4, -0.2) is 28.1 Å². The highest BCUT2D eigenvalue weighted by atomic mass is 32.2. The number of hydrogen-bond acceptors (Lipinski definition) is 7. The lowest BCUT2D eigenvalue weighted by Gasteiger charge is -2.11. The molecular weight excluding hydrogens is 390 g/mol. The van der Waals surface area contributed by atoms with Crippen LogP contribution in [-0.2, 0) is 11.2 Å². The molecule has 29 heavy (non-hydrogen) atoms.